The number of aliphatic carboxylic acids is 1. The number of fused-ring (bicyclic) bond motifs is 1. The second-order valence-corrected chi connectivity index (χ2v) is 6.05. The van der Waals surface area contributed by atoms with Crippen LogP contribution in [0, 0.1) is 12.3 Å². The molecule has 25 heavy (non-hydrogen) atoms. The number of rotatable bonds is 1. The van der Waals surface area contributed by atoms with E-state index in [2.05, 4.69) is 19.9 Å². The molecule has 4 nitrogen and oxygen atoms in total. The Morgan fingerprint density at radius 1 is 1.08 bits per heavy atom. The molecule has 0 aromatic rings. The van der Waals surface area contributed by atoms with E-state index in [9.17, 15) is 4.79 Å². The Labute approximate surface area is 167 Å². The van der Waals surface area contributed by atoms with Gasteiger partial charge in [-0.25, -0.2) is 16.8 Å². The van der Waals surface area contributed by atoms with E-state index in [0.717, 1.165) is 20.1 Å². The normalized spacial score (nSPS) is 19.8. The summed E-state index contributed by atoms with van der Waals surface area (Å²) in [4.78, 5) is 9.60. The SMILES string of the molecule is C=C(C)C(=O)O.CC1C2=C(CCC[CH-]2)C2=C1CCCC2.C[O-].C[O-].[Ti+3]. The van der Waals surface area contributed by atoms with E-state index >= 15 is 0 Å². The van der Waals surface area contributed by atoms with Crippen LogP contribution in [0.1, 0.15) is 58.8 Å². The maximum atomic E-state index is 9.60. The molecule has 1 atom stereocenters. The number of allylic oxidation sites excluding steroid dienone is 4. The average molecular weight is 383 g/mol. The summed E-state index contributed by atoms with van der Waals surface area (Å²) in [5, 5.41) is 24.4. The van der Waals surface area contributed by atoms with E-state index in [1.807, 2.05) is 0 Å². The summed E-state index contributed by atoms with van der Waals surface area (Å²) in [6, 6.07) is 0. The van der Waals surface area contributed by atoms with E-state index in [0.29, 0.717) is 0 Å². The monoisotopic (exact) mass is 383 g/mol. The Balaban J connectivity index is 0. The van der Waals surface area contributed by atoms with Crippen molar-refractivity contribution >= 4 is 5.97 Å². The van der Waals surface area contributed by atoms with E-state index in [-0.39, 0.29) is 27.3 Å². The molecule has 0 saturated heterocycles. The van der Waals surface area contributed by atoms with Gasteiger partial charge >= 0.3 is 27.7 Å². The molecular weight excluding hydrogens is 352 g/mol. The van der Waals surface area contributed by atoms with Gasteiger partial charge in [0, 0.05) is 5.57 Å². The molecule has 0 fully saturated rings. The minimum Gasteiger partial charge on any atom is -0.857 e. The van der Waals surface area contributed by atoms with Gasteiger partial charge < -0.3 is 15.3 Å². The molecule has 0 heterocycles. The van der Waals surface area contributed by atoms with Crippen molar-refractivity contribution in [1.82, 2.24) is 0 Å². The molecule has 3 rings (SSSR count). The quantitative estimate of drug-likeness (QED) is 0.429. The van der Waals surface area contributed by atoms with Crippen molar-refractivity contribution in [1.29, 1.82) is 0 Å². The van der Waals surface area contributed by atoms with Crippen LogP contribution >= 0.6 is 0 Å². The summed E-state index contributed by atoms with van der Waals surface area (Å²) in [7, 11) is 1.50. The molecule has 0 amide bonds. The Morgan fingerprint density at radius 3 is 2.08 bits per heavy atom. The van der Waals surface area contributed by atoms with Gasteiger partial charge in [0.2, 0.25) is 0 Å². The molecular formula is C20H31O4Ti. The Hall–Kier alpha value is -0.806. The van der Waals surface area contributed by atoms with Gasteiger partial charge in [0.25, 0.3) is 0 Å². The fraction of sp³-hybridized carbons (Fsp3) is 0.600. The number of carboxylic acid groups (broad SMARTS) is 1. The van der Waals surface area contributed by atoms with Gasteiger partial charge in [-0.05, 0) is 32.1 Å². The Bertz CT molecular complexity index is 448. The smallest absolute Gasteiger partial charge is 0.857 e. The average Bonchev–Trinajstić information content (AvgIpc) is 2.93. The van der Waals surface area contributed by atoms with Crippen LogP contribution in [0.25, 0.3) is 0 Å². The predicted octanol–water partition coefficient (Wildman–Crippen LogP) is 2.79. The standard InChI is InChI=1S/C14H19.C4H6O2.2CH3O.Ti/c1-10-11-6-2-4-8-13(11)14-9-5-3-7-12(10)14;1-3(2)4(5)6;2*1-2;/h6,10H,2-5,7-9H2,1H3;1H2,2H3,(H,5,6);2*1H3;/q-1;;2*-1;+3. The van der Waals surface area contributed by atoms with Crippen LogP contribution in [0.4, 0.5) is 0 Å². The fourth-order valence-electron chi connectivity index (χ4n) is 3.51. The first-order chi connectivity index (χ1) is 11.5. The summed E-state index contributed by atoms with van der Waals surface area (Å²) < 4.78 is 0. The zero-order chi connectivity index (χ0) is 18.7. The molecule has 0 saturated carbocycles. The van der Waals surface area contributed by atoms with E-state index in [1.54, 1.807) is 22.3 Å². The van der Waals surface area contributed by atoms with Gasteiger partial charge in [-0.3, -0.25) is 0 Å². The Kier molecular flexibility index (Phi) is 15.2. The third-order valence-corrected chi connectivity index (χ3v) is 4.57. The number of hydrogen-bond donors (Lipinski definition) is 1. The van der Waals surface area contributed by atoms with Gasteiger partial charge in [-0.2, -0.15) is 19.8 Å². The summed E-state index contributed by atoms with van der Waals surface area (Å²) in [6.45, 7) is 7.02. The van der Waals surface area contributed by atoms with E-state index in [1.165, 1.54) is 51.9 Å². The molecule has 0 aromatic heterocycles. The van der Waals surface area contributed by atoms with Crippen LogP contribution < -0.4 is 10.2 Å². The first-order valence-electron chi connectivity index (χ1n) is 8.51. The maximum absolute atomic E-state index is 9.60. The second kappa shape index (κ2) is 14.4. The van der Waals surface area contributed by atoms with E-state index < -0.39 is 5.97 Å². The molecule has 1 radical (unpaired) electrons. The van der Waals surface area contributed by atoms with Gasteiger partial charge in [-0.1, -0.05) is 38.3 Å². The number of carbonyl (C=O) groups is 1. The zero-order valence-electron chi connectivity index (χ0n) is 16.0. The molecule has 0 bridgehead atoms. The maximum Gasteiger partial charge on any atom is 3.00 e. The summed E-state index contributed by atoms with van der Waals surface area (Å²) in [5.41, 5.74) is 7.24. The zero-order valence-corrected chi connectivity index (χ0v) is 17.5. The van der Waals surface area contributed by atoms with Crippen molar-refractivity contribution in [2.24, 2.45) is 5.92 Å². The van der Waals surface area contributed by atoms with Gasteiger partial charge in [-0.15, -0.1) is 12.0 Å². The molecule has 0 spiro atoms. The molecule has 0 aromatic carbocycles. The van der Waals surface area contributed by atoms with Gasteiger partial charge in [0.05, 0.1) is 0 Å². The number of carboxylic acids is 1. The molecule has 1 N–H and O–H groups in total. The van der Waals surface area contributed by atoms with Crippen LogP contribution in [0.5, 0.6) is 0 Å². The van der Waals surface area contributed by atoms with Crippen LogP contribution in [0.3, 0.4) is 0 Å². The summed E-state index contributed by atoms with van der Waals surface area (Å²) in [5.74, 6) is -0.157. The number of hydrogen-bond acceptors (Lipinski definition) is 3. The van der Waals surface area contributed by atoms with Crippen molar-refractivity contribution in [3.05, 3.63) is 40.9 Å². The second-order valence-electron chi connectivity index (χ2n) is 6.05. The largest absolute Gasteiger partial charge is 3.00 e. The molecule has 3 aliphatic carbocycles. The van der Waals surface area contributed by atoms with Crippen LogP contribution in [0.2, 0.25) is 0 Å². The van der Waals surface area contributed by atoms with Crippen molar-refractivity contribution in [2.45, 2.75) is 58.8 Å². The van der Waals surface area contributed by atoms with Crippen molar-refractivity contribution < 1.29 is 41.8 Å². The van der Waals surface area contributed by atoms with Crippen LogP contribution in [0.15, 0.2) is 34.4 Å². The van der Waals surface area contributed by atoms with Gasteiger partial charge in [0.1, 0.15) is 0 Å². The van der Waals surface area contributed by atoms with Crippen molar-refractivity contribution in [3.63, 3.8) is 0 Å². The van der Waals surface area contributed by atoms with Crippen LogP contribution in [-0.4, -0.2) is 25.3 Å². The molecule has 0 aliphatic heterocycles. The van der Waals surface area contributed by atoms with E-state index in [4.69, 9.17) is 15.3 Å². The topological polar surface area (TPSA) is 83.4 Å². The predicted molar refractivity (Wildman–Crippen MR) is 94.1 cm³/mol. The minimum absolute atomic E-state index is 0. The van der Waals surface area contributed by atoms with Crippen LogP contribution in [-0.2, 0) is 26.5 Å². The minimum atomic E-state index is -0.935. The fourth-order valence-corrected chi connectivity index (χ4v) is 3.51. The third kappa shape index (κ3) is 7.53. The molecule has 139 valence electrons. The summed E-state index contributed by atoms with van der Waals surface area (Å²) in [6.07, 6.45) is 12.2. The van der Waals surface area contributed by atoms with Crippen molar-refractivity contribution in [2.75, 3.05) is 14.2 Å². The molecule has 1 unspecified atom stereocenters. The Morgan fingerprint density at radius 2 is 1.56 bits per heavy atom. The molecule has 5 heteroatoms. The third-order valence-electron chi connectivity index (χ3n) is 4.57. The first kappa shape index (κ1) is 26.4. The van der Waals surface area contributed by atoms with Gasteiger partial charge in [0.15, 0.2) is 0 Å². The summed E-state index contributed by atoms with van der Waals surface area (Å²) >= 11 is 0. The first-order valence-corrected chi connectivity index (χ1v) is 8.51. The van der Waals surface area contributed by atoms with Crippen molar-refractivity contribution in [3.8, 4) is 0 Å². The molecule has 3 aliphatic rings.